The first-order valence-electron chi connectivity index (χ1n) is 7.85. The molecule has 2 aromatic heterocycles. The van der Waals surface area contributed by atoms with E-state index < -0.39 is 30.1 Å². The third kappa shape index (κ3) is 3.44. The minimum atomic E-state index is -0.876. The van der Waals surface area contributed by atoms with Crippen molar-refractivity contribution in [3.05, 3.63) is 40.7 Å². The number of aryl methyl sites for hydroxylation is 1. The van der Waals surface area contributed by atoms with Crippen LogP contribution in [-0.2, 0) is 19.0 Å². The summed E-state index contributed by atoms with van der Waals surface area (Å²) in [7, 11) is 2.30. The minimum Gasteiger partial charge on any atom is -0.466 e. The van der Waals surface area contributed by atoms with Crippen LogP contribution in [0.4, 0.5) is 0 Å². The monoisotopic (exact) mass is 361 g/mol. The number of carbonyl (C=O) groups excluding carboxylic acids is 4. The van der Waals surface area contributed by atoms with Crippen molar-refractivity contribution in [1.82, 2.24) is 4.40 Å². The zero-order chi connectivity index (χ0) is 19.4. The van der Waals surface area contributed by atoms with Crippen LogP contribution in [0.15, 0.2) is 18.3 Å². The van der Waals surface area contributed by atoms with Gasteiger partial charge in [0.25, 0.3) is 0 Å². The van der Waals surface area contributed by atoms with Crippen LogP contribution >= 0.6 is 0 Å². The lowest BCUT2D eigenvalue weighted by molar-refractivity contribution is -0.141. The Hall–Kier alpha value is -3.16. The van der Waals surface area contributed by atoms with Gasteiger partial charge in [-0.05, 0) is 31.5 Å². The molecule has 0 aliphatic heterocycles. The summed E-state index contributed by atoms with van der Waals surface area (Å²) < 4.78 is 15.7. The predicted octanol–water partition coefficient (Wildman–Crippen LogP) is 1.96. The molecular weight excluding hydrogens is 342 g/mol. The van der Waals surface area contributed by atoms with Crippen LogP contribution in [0.25, 0.3) is 5.52 Å². The van der Waals surface area contributed by atoms with Gasteiger partial charge in [0.1, 0.15) is 23.2 Å². The van der Waals surface area contributed by atoms with Gasteiger partial charge < -0.3 is 18.6 Å². The Kier molecular flexibility index (Phi) is 5.76. The van der Waals surface area contributed by atoms with Crippen LogP contribution < -0.4 is 0 Å². The van der Waals surface area contributed by atoms with E-state index in [4.69, 9.17) is 14.2 Å². The molecule has 0 radical (unpaired) electrons. The second-order valence-corrected chi connectivity index (χ2v) is 5.45. The molecule has 0 atom stereocenters. The van der Waals surface area contributed by atoms with Crippen LogP contribution in [0, 0.1) is 6.92 Å². The number of pyridine rings is 1. The van der Waals surface area contributed by atoms with Gasteiger partial charge in [0, 0.05) is 6.20 Å². The lowest BCUT2D eigenvalue weighted by Crippen LogP contribution is -2.17. The van der Waals surface area contributed by atoms with E-state index in [1.165, 1.54) is 11.5 Å². The summed E-state index contributed by atoms with van der Waals surface area (Å²) in [5.74, 6) is -3.06. The number of Topliss-reactive ketones (excluding diaryl/α,β-unsaturated/α-hetero) is 1. The number of fused-ring (bicyclic) bond motifs is 1. The molecule has 0 N–H and O–H groups in total. The summed E-state index contributed by atoms with van der Waals surface area (Å²) in [5, 5.41) is 0. The Morgan fingerprint density at radius 2 is 1.65 bits per heavy atom. The Balaban J connectivity index is 2.78. The van der Waals surface area contributed by atoms with Crippen molar-refractivity contribution in [1.29, 1.82) is 0 Å². The van der Waals surface area contributed by atoms with Crippen LogP contribution in [0.1, 0.15) is 50.1 Å². The van der Waals surface area contributed by atoms with Gasteiger partial charge in [0.05, 0.1) is 26.3 Å². The molecule has 26 heavy (non-hydrogen) atoms. The maximum absolute atomic E-state index is 12.7. The molecule has 0 unspecified atom stereocenters. The minimum absolute atomic E-state index is 0.0877. The van der Waals surface area contributed by atoms with Crippen molar-refractivity contribution in [2.75, 3.05) is 20.8 Å². The third-order valence-corrected chi connectivity index (χ3v) is 3.75. The Morgan fingerprint density at radius 1 is 1.04 bits per heavy atom. The number of nitrogens with zero attached hydrogens (tertiary/aromatic N) is 1. The van der Waals surface area contributed by atoms with Gasteiger partial charge in [-0.1, -0.05) is 0 Å². The Bertz CT molecular complexity index is 895. The molecule has 8 nitrogen and oxygen atoms in total. The molecule has 2 rings (SSSR count). The van der Waals surface area contributed by atoms with E-state index in [0.717, 1.165) is 12.7 Å². The molecular formula is C18H19NO7. The summed E-state index contributed by atoms with van der Waals surface area (Å²) in [6.45, 7) is 3.54. The number of aromatic nitrogens is 1. The molecule has 8 heteroatoms. The van der Waals surface area contributed by atoms with E-state index in [1.54, 1.807) is 32.2 Å². The lowest BCUT2D eigenvalue weighted by atomic mass is 10.1. The van der Waals surface area contributed by atoms with Crippen molar-refractivity contribution in [2.24, 2.45) is 0 Å². The molecule has 0 aliphatic carbocycles. The van der Waals surface area contributed by atoms with E-state index in [1.807, 2.05) is 0 Å². The summed E-state index contributed by atoms with van der Waals surface area (Å²) in [4.78, 5) is 49.0. The van der Waals surface area contributed by atoms with Gasteiger partial charge in [-0.25, -0.2) is 9.59 Å². The molecule has 0 saturated carbocycles. The smallest absolute Gasteiger partial charge is 0.341 e. The topological polar surface area (TPSA) is 100 Å². The molecule has 0 amide bonds. The normalized spacial score (nSPS) is 10.5. The highest BCUT2D eigenvalue weighted by Crippen LogP contribution is 2.27. The molecule has 0 aliphatic rings. The summed E-state index contributed by atoms with van der Waals surface area (Å²) in [6, 6.07) is 3.34. The average Bonchev–Trinajstić information content (AvgIpc) is 2.94. The number of hydrogen-bond acceptors (Lipinski definition) is 7. The van der Waals surface area contributed by atoms with E-state index in [9.17, 15) is 19.2 Å². The highest BCUT2D eigenvalue weighted by Gasteiger charge is 2.33. The molecule has 138 valence electrons. The van der Waals surface area contributed by atoms with E-state index >= 15 is 0 Å². The zero-order valence-electron chi connectivity index (χ0n) is 15.0. The molecule has 0 bridgehead atoms. The van der Waals surface area contributed by atoms with Gasteiger partial charge in [-0.2, -0.15) is 0 Å². The van der Waals surface area contributed by atoms with Crippen LogP contribution in [0.3, 0.4) is 0 Å². The first-order valence-corrected chi connectivity index (χ1v) is 7.85. The number of ketones is 1. The number of ether oxygens (including phenoxy) is 3. The fourth-order valence-corrected chi connectivity index (χ4v) is 2.67. The second kappa shape index (κ2) is 7.81. The maximum atomic E-state index is 12.7. The molecule has 2 heterocycles. The quantitative estimate of drug-likeness (QED) is 0.335. The van der Waals surface area contributed by atoms with Crippen LogP contribution in [0.5, 0.6) is 0 Å². The largest absolute Gasteiger partial charge is 0.466 e. The number of rotatable bonds is 6. The highest BCUT2D eigenvalue weighted by atomic mass is 16.5. The molecule has 2 aromatic rings. The van der Waals surface area contributed by atoms with Crippen molar-refractivity contribution >= 4 is 29.2 Å². The fraction of sp³-hybridized carbons (Fsp3) is 0.333. The van der Waals surface area contributed by atoms with Gasteiger partial charge >= 0.3 is 17.9 Å². The first kappa shape index (κ1) is 19.2. The van der Waals surface area contributed by atoms with Crippen LogP contribution in [-0.4, -0.2) is 48.9 Å². The van der Waals surface area contributed by atoms with Crippen molar-refractivity contribution in [2.45, 2.75) is 20.3 Å². The number of hydrogen-bond donors (Lipinski definition) is 0. The predicted molar refractivity (Wildman–Crippen MR) is 90.4 cm³/mol. The zero-order valence-corrected chi connectivity index (χ0v) is 15.0. The molecule has 0 spiro atoms. The Morgan fingerprint density at radius 3 is 2.23 bits per heavy atom. The van der Waals surface area contributed by atoms with Crippen molar-refractivity contribution < 1.29 is 33.4 Å². The maximum Gasteiger partial charge on any atom is 0.341 e. The number of esters is 3. The van der Waals surface area contributed by atoms with Gasteiger partial charge in [0.15, 0.2) is 5.78 Å². The van der Waals surface area contributed by atoms with E-state index in [-0.39, 0.29) is 23.4 Å². The first-order chi connectivity index (χ1) is 12.3. The van der Waals surface area contributed by atoms with E-state index in [0.29, 0.717) is 5.52 Å². The SMILES string of the molecule is CCOC(=O)CC(=O)c1c(C(=O)OC)c(C(=O)OC)c2cc(C)ccn12. The highest BCUT2D eigenvalue weighted by molar-refractivity contribution is 6.18. The lowest BCUT2D eigenvalue weighted by Gasteiger charge is -2.06. The molecule has 0 fully saturated rings. The molecule has 0 aromatic carbocycles. The van der Waals surface area contributed by atoms with Crippen molar-refractivity contribution in [3.8, 4) is 0 Å². The van der Waals surface area contributed by atoms with Gasteiger partial charge in [-0.3, -0.25) is 9.59 Å². The average molecular weight is 361 g/mol. The molecule has 0 saturated heterocycles. The standard InChI is InChI=1S/C18H19NO7/c1-5-26-13(21)9-12(20)16-15(18(23)25-4)14(17(22)24-3)11-8-10(2)6-7-19(11)16/h6-8H,5,9H2,1-4H3. The summed E-state index contributed by atoms with van der Waals surface area (Å²) >= 11 is 0. The summed E-state index contributed by atoms with van der Waals surface area (Å²) in [6.07, 6.45) is 0.973. The second-order valence-electron chi connectivity index (χ2n) is 5.45. The Labute approximate surface area is 149 Å². The van der Waals surface area contributed by atoms with Crippen molar-refractivity contribution in [3.63, 3.8) is 0 Å². The number of methoxy groups -OCH3 is 2. The van der Waals surface area contributed by atoms with Crippen LogP contribution in [0.2, 0.25) is 0 Å². The van der Waals surface area contributed by atoms with Gasteiger partial charge in [-0.15, -0.1) is 0 Å². The fourth-order valence-electron chi connectivity index (χ4n) is 2.67. The van der Waals surface area contributed by atoms with Gasteiger partial charge in [0.2, 0.25) is 0 Å². The van der Waals surface area contributed by atoms with E-state index in [2.05, 4.69) is 0 Å². The number of carbonyl (C=O) groups is 4. The third-order valence-electron chi connectivity index (χ3n) is 3.75. The summed E-state index contributed by atoms with van der Waals surface area (Å²) in [5.41, 5.74) is 0.667.